The number of benzene rings is 2. The average Bonchev–Trinajstić information content (AvgIpc) is 2.63. The molecule has 0 aliphatic rings. The van der Waals surface area contributed by atoms with Crippen LogP contribution in [0, 0.1) is 0 Å². The van der Waals surface area contributed by atoms with E-state index in [2.05, 4.69) is 20.6 Å². The topological polar surface area (TPSA) is 59.1 Å². The third-order valence-corrected chi connectivity index (χ3v) is 3.61. The van der Waals surface area contributed by atoms with Gasteiger partial charge in [0.25, 0.3) is 0 Å². The van der Waals surface area contributed by atoms with Crippen LogP contribution in [0.3, 0.4) is 0 Å². The lowest BCUT2D eigenvalue weighted by Crippen LogP contribution is -2.09. The monoisotopic (exact) mass is 374 g/mol. The summed E-state index contributed by atoms with van der Waals surface area (Å²) in [6.07, 6.45) is -3.20. The number of alkyl halides is 3. The molecule has 0 fully saturated rings. The zero-order valence-corrected chi connectivity index (χ0v) is 14.4. The maximum Gasteiger partial charge on any atom is 0.418 e. The molecule has 0 aliphatic heterocycles. The molecule has 2 aromatic carbocycles. The van der Waals surface area contributed by atoms with Gasteiger partial charge >= 0.3 is 6.18 Å². The van der Waals surface area contributed by atoms with Crippen molar-refractivity contribution in [1.82, 2.24) is 9.97 Å². The van der Waals surface area contributed by atoms with Gasteiger partial charge in [0.2, 0.25) is 0 Å². The minimum Gasteiger partial charge on any atom is -0.492 e. The minimum atomic E-state index is -4.46. The highest BCUT2D eigenvalue weighted by Gasteiger charge is 2.33. The quantitative estimate of drug-likeness (QED) is 0.606. The summed E-state index contributed by atoms with van der Waals surface area (Å²) >= 11 is 0. The first-order valence-corrected chi connectivity index (χ1v) is 8.21. The molecule has 0 amide bonds. The van der Waals surface area contributed by atoms with Gasteiger partial charge < -0.3 is 15.4 Å². The van der Waals surface area contributed by atoms with Gasteiger partial charge in [0.05, 0.1) is 23.5 Å². The van der Waals surface area contributed by atoms with Crippen molar-refractivity contribution in [2.45, 2.75) is 13.1 Å². The molecule has 0 aliphatic carbocycles. The summed E-state index contributed by atoms with van der Waals surface area (Å²) in [7, 11) is 0. The van der Waals surface area contributed by atoms with E-state index in [4.69, 9.17) is 4.74 Å². The first-order chi connectivity index (χ1) is 13.0. The van der Waals surface area contributed by atoms with Gasteiger partial charge in [-0.25, -0.2) is 9.97 Å². The van der Waals surface area contributed by atoms with Crippen LogP contribution >= 0.6 is 0 Å². The Bertz CT molecular complexity index is 915. The number of aromatic nitrogens is 2. The number of hydrogen-bond donors (Lipinski definition) is 2. The van der Waals surface area contributed by atoms with Crippen molar-refractivity contribution in [1.29, 1.82) is 0 Å². The molecule has 0 saturated heterocycles. The molecule has 140 valence electrons. The number of halogens is 3. The van der Waals surface area contributed by atoms with Crippen LogP contribution in [0.2, 0.25) is 0 Å². The smallest absolute Gasteiger partial charge is 0.418 e. The Kier molecular flexibility index (Phi) is 5.44. The van der Waals surface area contributed by atoms with Crippen molar-refractivity contribution in [3.05, 3.63) is 66.5 Å². The molecule has 1 heterocycles. The lowest BCUT2D eigenvalue weighted by atomic mass is 10.1. The first-order valence-electron chi connectivity index (χ1n) is 8.21. The summed E-state index contributed by atoms with van der Waals surface area (Å²) in [6.45, 7) is 2.38. The molecule has 27 heavy (non-hydrogen) atoms. The number of anilines is 4. The summed E-state index contributed by atoms with van der Waals surface area (Å²) in [6, 6.07) is 14.1. The van der Waals surface area contributed by atoms with Gasteiger partial charge in [0.15, 0.2) is 0 Å². The number of nitrogens with one attached hydrogen (secondary N) is 2. The summed E-state index contributed by atoms with van der Waals surface area (Å²) in [5.74, 6) is 1.30. The number of ether oxygens (including phenoxy) is 1. The minimum absolute atomic E-state index is 0.0793. The standard InChI is InChI=1S/C19H17F3N4O/c1-2-27-16-10-6-5-9-15(16)26-18-11-17(23-12-24-18)25-14-8-4-3-7-13(14)19(20,21)22/h3-12H,2H2,1H3,(H2,23,24,25,26). The highest BCUT2D eigenvalue weighted by molar-refractivity contribution is 5.68. The Morgan fingerprint density at radius 2 is 1.48 bits per heavy atom. The van der Waals surface area contributed by atoms with Crippen LogP contribution in [0.5, 0.6) is 5.75 Å². The first kappa shape index (κ1) is 18.5. The third kappa shape index (κ3) is 4.66. The van der Waals surface area contributed by atoms with Crippen LogP contribution in [0.15, 0.2) is 60.9 Å². The molecule has 1 aromatic heterocycles. The van der Waals surface area contributed by atoms with Crippen LogP contribution < -0.4 is 15.4 Å². The second kappa shape index (κ2) is 7.94. The Morgan fingerprint density at radius 1 is 0.889 bits per heavy atom. The van der Waals surface area contributed by atoms with E-state index in [1.807, 2.05) is 31.2 Å². The zero-order chi connectivity index (χ0) is 19.3. The van der Waals surface area contributed by atoms with Gasteiger partial charge in [-0.3, -0.25) is 0 Å². The van der Waals surface area contributed by atoms with Crippen molar-refractivity contribution >= 4 is 23.0 Å². The molecular weight excluding hydrogens is 357 g/mol. The van der Waals surface area contributed by atoms with E-state index in [9.17, 15) is 13.2 Å². The Morgan fingerprint density at radius 3 is 2.15 bits per heavy atom. The average molecular weight is 374 g/mol. The maximum absolute atomic E-state index is 13.1. The Hall–Kier alpha value is -3.29. The molecule has 0 saturated carbocycles. The van der Waals surface area contributed by atoms with Crippen LogP contribution in [-0.4, -0.2) is 16.6 Å². The van der Waals surface area contributed by atoms with Gasteiger partial charge in [-0.05, 0) is 31.2 Å². The van der Waals surface area contributed by atoms with Gasteiger partial charge in [-0.15, -0.1) is 0 Å². The van der Waals surface area contributed by atoms with E-state index < -0.39 is 11.7 Å². The molecule has 8 heteroatoms. The van der Waals surface area contributed by atoms with Crippen LogP contribution in [0.4, 0.5) is 36.2 Å². The SMILES string of the molecule is CCOc1ccccc1Nc1cc(Nc2ccccc2C(F)(F)F)ncn1. The molecule has 3 rings (SSSR count). The second-order valence-electron chi connectivity index (χ2n) is 5.51. The largest absolute Gasteiger partial charge is 0.492 e. The number of nitrogens with zero attached hydrogens (tertiary/aromatic N) is 2. The number of rotatable bonds is 6. The van der Waals surface area contributed by atoms with E-state index in [1.54, 1.807) is 0 Å². The van der Waals surface area contributed by atoms with Crippen LogP contribution in [0.25, 0.3) is 0 Å². The van der Waals surface area contributed by atoms with Gasteiger partial charge in [0.1, 0.15) is 23.7 Å². The van der Waals surface area contributed by atoms with E-state index in [0.29, 0.717) is 23.9 Å². The number of para-hydroxylation sites is 3. The lowest BCUT2D eigenvalue weighted by Gasteiger charge is -2.15. The third-order valence-electron chi connectivity index (χ3n) is 3.61. The van der Waals surface area contributed by atoms with Crippen molar-refractivity contribution in [3.63, 3.8) is 0 Å². The fourth-order valence-electron chi connectivity index (χ4n) is 2.46. The van der Waals surface area contributed by atoms with Crippen molar-refractivity contribution in [2.24, 2.45) is 0 Å². The molecule has 0 atom stereocenters. The fourth-order valence-corrected chi connectivity index (χ4v) is 2.46. The summed E-state index contributed by atoms with van der Waals surface area (Å²) in [5, 5.41) is 5.79. The summed E-state index contributed by atoms with van der Waals surface area (Å²) < 4.78 is 44.9. The second-order valence-corrected chi connectivity index (χ2v) is 5.51. The fraction of sp³-hybridized carbons (Fsp3) is 0.158. The molecule has 0 spiro atoms. The Labute approximate surface area is 154 Å². The van der Waals surface area contributed by atoms with Gasteiger partial charge in [0, 0.05) is 6.07 Å². The number of hydrogen-bond acceptors (Lipinski definition) is 5. The van der Waals surface area contributed by atoms with Gasteiger partial charge in [-0.2, -0.15) is 13.2 Å². The van der Waals surface area contributed by atoms with Crippen LogP contribution in [0.1, 0.15) is 12.5 Å². The molecule has 0 unspecified atom stereocenters. The normalized spacial score (nSPS) is 11.1. The van der Waals surface area contributed by atoms with E-state index in [1.165, 1.54) is 30.6 Å². The molecule has 0 radical (unpaired) electrons. The van der Waals surface area contributed by atoms with E-state index in [-0.39, 0.29) is 11.5 Å². The predicted molar refractivity (Wildman–Crippen MR) is 97.7 cm³/mol. The molecule has 0 bridgehead atoms. The lowest BCUT2D eigenvalue weighted by molar-refractivity contribution is -0.136. The summed E-state index contributed by atoms with van der Waals surface area (Å²) in [5.41, 5.74) is -0.149. The van der Waals surface area contributed by atoms with E-state index >= 15 is 0 Å². The van der Waals surface area contributed by atoms with Crippen molar-refractivity contribution in [3.8, 4) is 5.75 Å². The van der Waals surface area contributed by atoms with Crippen molar-refractivity contribution < 1.29 is 17.9 Å². The van der Waals surface area contributed by atoms with Gasteiger partial charge in [-0.1, -0.05) is 24.3 Å². The molecule has 5 nitrogen and oxygen atoms in total. The molecular formula is C19H17F3N4O. The summed E-state index contributed by atoms with van der Waals surface area (Å²) in [4.78, 5) is 8.11. The zero-order valence-electron chi connectivity index (χ0n) is 14.4. The predicted octanol–water partition coefficient (Wildman–Crippen LogP) is 5.38. The van der Waals surface area contributed by atoms with Crippen molar-refractivity contribution in [2.75, 3.05) is 17.2 Å². The maximum atomic E-state index is 13.1. The molecule has 2 N–H and O–H groups in total. The highest BCUT2D eigenvalue weighted by Crippen LogP contribution is 2.36. The molecule has 3 aromatic rings. The Balaban J connectivity index is 1.84. The van der Waals surface area contributed by atoms with E-state index in [0.717, 1.165) is 6.07 Å². The highest BCUT2D eigenvalue weighted by atomic mass is 19.4. The van der Waals surface area contributed by atoms with Crippen LogP contribution in [-0.2, 0) is 6.18 Å².